The lowest BCUT2D eigenvalue weighted by atomic mass is 10.2. The molecule has 1 amide bonds. The van der Waals surface area contributed by atoms with Gasteiger partial charge < -0.3 is 30.2 Å². The van der Waals surface area contributed by atoms with Crippen molar-refractivity contribution in [2.45, 2.75) is 32.7 Å². The zero-order chi connectivity index (χ0) is 22.1. The molecule has 8 nitrogen and oxygen atoms in total. The van der Waals surface area contributed by atoms with Gasteiger partial charge in [0.2, 0.25) is 0 Å². The van der Waals surface area contributed by atoms with E-state index in [0.717, 1.165) is 6.07 Å². The second kappa shape index (κ2) is 10.7. The lowest BCUT2D eigenvalue weighted by Gasteiger charge is -2.26. The minimum atomic E-state index is -4.83. The van der Waals surface area contributed by atoms with Crippen molar-refractivity contribution in [1.82, 2.24) is 4.90 Å². The van der Waals surface area contributed by atoms with Gasteiger partial charge in [-0.1, -0.05) is 12.1 Å². The molecule has 0 aliphatic carbocycles. The van der Waals surface area contributed by atoms with E-state index >= 15 is 0 Å². The van der Waals surface area contributed by atoms with Gasteiger partial charge in [0, 0.05) is 20.2 Å². The number of carbonyl (C=O) groups excluding carboxylic acids is 1. The van der Waals surface area contributed by atoms with E-state index in [4.69, 9.17) is 15.2 Å². The van der Waals surface area contributed by atoms with Crippen molar-refractivity contribution in [3.05, 3.63) is 24.3 Å². The summed E-state index contributed by atoms with van der Waals surface area (Å²) in [5.74, 6) is -0.562. The number of alkyl halides is 3. The van der Waals surface area contributed by atoms with Gasteiger partial charge in [0.25, 0.3) is 0 Å². The highest BCUT2D eigenvalue weighted by atomic mass is 19.4. The van der Waals surface area contributed by atoms with Crippen molar-refractivity contribution in [1.29, 1.82) is 0 Å². The maximum atomic E-state index is 12.5. The molecule has 1 aromatic rings. The van der Waals surface area contributed by atoms with Gasteiger partial charge in [-0.3, -0.25) is 4.99 Å². The Bertz CT molecular complexity index is 690. The first-order chi connectivity index (χ1) is 13.4. The molecule has 0 saturated heterocycles. The molecule has 0 bridgehead atoms. The number of ether oxygens (including phenoxy) is 3. The van der Waals surface area contributed by atoms with E-state index in [9.17, 15) is 18.0 Å². The maximum Gasteiger partial charge on any atom is 0.573 e. The third-order valence-electron chi connectivity index (χ3n) is 3.24. The lowest BCUT2D eigenvalue weighted by molar-refractivity contribution is -0.274. The number of methoxy groups -OCH3 is 1. The predicted molar refractivity (Wildman–Crippen MR) is 103 cm³/mol. The minimum Gasteiger partial charge on any atom is -0.444 e. The van der Waals surface area contributed by atoms with Crippen molar-refractivity contribution < 1.29 is 32.2 Å². The number of amides is 1. The molecule has 0 saturated carbocycles. The fourth-order valence-electron chi connectivity index (χ4n) is 2.07. The van der Waals surface area contributed by atoms with Gasteiger partial charge in [-0.25, -0.2) is 4.79 Å². The molecule has 29 heavy (non-hydrogen) atoms. The molecule has 0 unspecified atom stereocenters. The van der Waals surface area contributed by atoms with E-state index in [1.54, 1.807) is 20.8 Å². The van der Waals surface area contributed by atoms with Crippen LogP contribution in [0, 0.1) is 0 Å². The van der Waals surface area contributed by atoms with E-state index in [-0.39, 0.29) is 31.3 Å². The fraction of sp³-hybridized carbons (Fsp3) is 0.556. The lowest BCUT2D eigenvalue weighted by Crippen LogP contribution is -2.40. The highest BCUT2D eigenvalue weighted by Crippen LogP contribution is 2.29. The minimum absolute atomic E-state index is 0.00876. The molecule has 11 heteroatoms. The summed E-state index contributed by atoms with van der Waals surface area (Å²) in [6.45, 7) is 6.13. The second-order valence-electron chi connectivity index (χ2n) is 6.90. The van der Waals surface area contributed by atoms with Crippen molar-refractivity contribution in [2.24, 2.45) is 10.7 Å². The molecular weight excluding hydrogens is 393 g/mol. The van der Waals surface area contributed by atoms with E-state index in [1.807, 2.05) is 0 Å². The van der Waals surface area contributed by atoms with E-state index < -0.39 is 23.8 Å². The van der Waals surface area contributed by atoms with Crippen LogP contribution in [0.3, 0.4) is 0 Å². The molecule has 0 aromatic heterocycles. The molecule has 1 rings (SSSR count). The highest BCUT2D eigenvalue weighted by Gasteiger charge is 2.32. The number of carbonyl (C=O) groups is 1. The van der Waals surface area contributed by atoms with Crippen molar-refractivity contribution >= 4 is 17.7 Å². The largest absolute Gasteiger partial charge is 0.573 e. The third kappa shape index (κ3) is 10.4. The van der Waals surface area contributed by atoms with Crippen molar-refractivity contribution in [3.63, 3.8) is 0 Å². The average molecular weight is 420 g/mol. The zero-order valence-electron chi connectivity index (χ0n) is 16.9. The maximum absolute atomic E-state index is 12.5. The molecular formula is C18H27F3N4O4. The molecule has 1 aromatic carbocycles. The van der Waals surface area contributed by atoms with Crippen LogP contribution in [-0.2, 0) is 9.47 Å². The number of halogens is 3. The number of nitrogens with two attached hydrogens (primary N) is 1. The fourth-order valence-corrected chi connectivity index (χ4v) is 2.07. The van der Waals surface area contributed by atoms with Gasteiger partial charge in [0.15, 0.2) is 11.7 Å². The Morgan fingerprint density at radius 1 is 1.21 bits per heavy atom. The topological polar surface area (TPSA) is 98.4 Å². The van der Waals surface area contributed by atoms with Crippen molar-refractivity contribution in [2.75, 3.05) is 38.7 Å². The van der Waals surface area contributed by atoms with Gasteiger partial charge >= 0.3 is 12.5 Å². The number of guanidine groups is 1. The summed E-state index contributed by atoms with van der Waals surface area (Å²) in [5, 5.41) is 2.56. The third-order valence-corrected chi connectivity index (χ3v) is 3.24. The van der Waals surface area contributed by atoms with Gasteiger partial charge in [0.05, 0.1) is 18.8 Å². The normalized spacial score (nSPS) is 12.4. The molecule has 0 heterocycles. The van der Waals surface area contributed by atoms with Gasteiger partial charge in [-0.2, -0.15) is 0 Å². The van der Waals surface area contributed by atoms with Crippen molar-refractivity contribution in [3.8, 4) is 5.75 Å². The Morgan fingerprint density at radius 3 is 2.45 bits per heavy atom. The zero-order valence-corrected chi connectivity index (χ0v) is 16.9. The second-order valence-corrected chi connectivity index (χ2v) is 6.90. The Balaban J connectivity index is 2.72. The summed E-state index contributed by atoms with van der Waals surface area (Å²) >= 11 is 0. The average Bonchev–Trinajstić information content (AvgIpc) is 2.56. The Labute approximate surface area is 167 Å². The Hall–Kier alpha value is -2.69. The monoisotopic (exact) mass is 420 g/mol. The molecule has 0 radical (unpaired) electrons. The summed E-state index contributed by atoms with van der Waals surface area (Å²) in [5.41, 5.74) is 5.10. The summed E-state index contributed by atoms with van der Waals surface area (Å²) in [6.07, 6.45) is -5.36. The molecule has 0 aliphatic heterocycles. The summed E-state index contributed by atoms with van der Waals surface area (Å²) in [7, 11) is 1.51. The molecule has 0 atom stereocenters. The Kier molecular flexibility index (Phi) is 9.02. The van der Waals surface area contributed by atoms with Gasteiger partial charge in [-0.05, 0) is 32.9 Å². The van der Waals surface area contributed by atoms with Crippen LogP contribution in [0.25, 0.3) is 0 Å². The van der Waals surface area contributed by atoms with Crippen LogP contribution in [0.15, 0.2) is 29.3 Å². The number of rotatable bonds is 8. The summed E-state index contributed by atoms with van der Waals surface area (Å²) in [4.78, 5) is 17.7. The van der Waals surface area contributed by atoms with Crippen LogP contribution in [0.2, 0.25) is 0 Å². The van der Waals surface area contributed by atoms with Crippen LogP contribution in [0.1, 0.15) is 20.8 Å². The number of hydrogen-bond donors (Lipinski definition) is 2. The number of benzene rings is 1. The molecule has 3 N–H and O–H groups in total. The first-order valence-corrected chi connectivity index (χ1v) is 8.80. The summed E-state index contributed by atoms with van der Waals surface area (Å²) < 4.78 is 51.7. The number of para-hydroxylation sites is 2. The number of aliphatic imine (C=N–C) groups is 1. The van der Waals surface area contributed by atoms with Gasteiger partial charge in [0.1, 0.15) is 5.60 Å². The number of nitrogens with zero attached hydrogens (tertiary/aromatic N) is 2. The molecule has 0 aliphatic rings. The summed E-state index contributed by atoms with van der Waals surface area (Å²) in [6, 6.07) is 5.44. The number of hydrogen-bond acceptors (Lipinski definition) is 5. The highest BCUT2D eigenvalue weighted by molar-refractivity contribution is 5.93. The Morgan fingerprint density at radius 2 is 1.86 bits per heavy atom. The smallest absolute Gasteiger partial charge is 0.444 e. The quantitative estimate of drug-likeness (QED) is 0.495. The van der Waals surface area contributed by atoms with E-state index in [2.05, 4.69) is 15.0 Å². The van der Waals surface area contributed by atoms with E-state index in [1.165, 1.54) is 30.2 Å². The van der Waals surface area contributed by atoms with E-state index in [0.29, 0.717) is 6.61 Å². The molecule has 0 fully saturated rings. The standard InChI is InChI=1S/C18H27F3N4O4/c1-17(2,3)29-16(26)25(11-12-27-4)10-9-23-15(22)24-13-7-5-6-8-14(13)28-18(19,20)21/h5-8H,9-12H2,1-4H3,(H3,22,23,24). The number of anilines is 1. The van der Waals surface area contributed by atoms with Crippen LogP contribution in [0.4, 0.5) is 23.7 Å². The number of nitrogens with one attached hydrogen (secondary N) is 1. The predicted octanol–water partition coefficient (Wildman–Crippen LogP) is 3.20. The first-order valence-electron chi connectivity index (χ1n) is 8.80. The van der Waals surface area contributed by atoms with Crippen LogP contribution >= 0.6 is 0 Å². The molecule has 0 spiro atoms. The molecule has 164 valence electrons. The SMILES string of the molecule is COCCN(CCN=C(N)Nc1ccccc1OC(F)(F)F)C(=O)OC(C)(C)C. The van der Waals surface area contributed by atoms with Crippen LogP contribution in [0.5, 0.6) is 5.75 Å². The van der Waals surface area contributed by atoms with Gasteiger partial charge in [-0.15, -0.1) is 13.2 Å². The van der Waals surface area contributed by atoms with Crippen LogP contribution in [-0.4, -0.2) is 62.3 Å². The first kappa shape index (κ1) is 24.3. The van der Waals surface area contributed by atoms with Crippen LogP contribution < -0.4 is 15.8 Å².